The Balaban J connectivity index is 1.78. The zero-order chi connectivity index (χ0) is 20.1. The highest BCUT2D eigenvalue weighted by atomic mass is 16.5. The molecule has 2 N–H and O–H groups in total. The molecule has 3 aromatic rings. The number of anilines is 2. The van der Waals surface area contributed by atoms with Gasteiger partial charge in [-0.15, -0.1) is 0 Å². The zero-order valence-electron chi connectivity index (χ0n) is 16.3. The summed E-state index contributed by atoms with van der Waals surface area (Å²) in [5.74, 6) is 1.36. The number of ether oxygens (including phenoxy) is 2. The molecule has 146 valence electrons. The van der Waals surface area contributed by atoms with E-state index >= 15 is 0 Å². The molecule has 0 spiro atoms. The zero-order valence-corrected chi connectivity index (χ0v) is 16.3. The van der Waals surface area contributed by atoms with Gasteiger partial charge in [-0.3, -0.25) is 9.48 Å². The first-order chi connectivity index (χ1) is 13.5. The van der Waals surface area contributed by atoms with Gasteiger partial charge in [0, 0.05) is 37.6 Å². The van der Waals surface area contributed by atoms with Gasteiger partial charge in [0.25, 0.3) is 5.91 Å². The predicted octanol–water partition coefficient (Wildman–Crippen LogP) is 3.01. The van der Waals surface area contributed by atoms with Crippen LogP contribution in [-0.4, -0.2) is 34.9 Å². The minimum absolute atomic E-state index is 0.290. The van der Waals surface area contributed by atoms with Crippen LogP contribution in [0.3, 0.4) is 0 Å². The second-order valence-corrected chi connectivity index (χ2v) is 6.19. The molecule has 28 heavy (non-hydrogen) atoms. The van der Waals surface area contributed by atoms with Gasteiger partial charge in [0.15, 0.2) is 0 Å². The molecule has 1 aromatic carbocycles. The molecule has 0 radical (unpaired) electrons. The van der Waals surface area contributed by atoms with E-state index in [0.29, 0.717) is 35.1 Å². The maximum absolute atomic E-state index is 12.8. The van der Waals surface area contributed by atoms with E-state index in [2.05, 4.69) is 20.7 Å². The van der Waals surface area contributed by atoms with Gasteiger partial charge in [-0.2, -0.15) is 5.10 Å². The first kappa shape index (κ1) is 19.2. The van der Waals surface area contributed by atoms with Crippen LogP contribution in [0.2, 0.25) is 0 Å². The van der Waals surface area contributed by atoms with Crippen molar-refractivity contribution in [3.05, 3.63) is 59.5 Å². The highest BCUT2D eigenvalue weighted by Gasteiger charge is 2.15. The number of hydrogen-bond donors (Lipinski definition) is 2. The standard InChI is InChI=1S/C20H23N5O3/c1-13-14(12-25(2)24-13)11-22-19-16(6-5-9-21-19)20(26)23-17-8-7-15(27-3)10-18(17)28-4/h5-10,12H,11H2,1-4H3,(H,21,22)(H,23,26). The van der Waals surface area contributed by atoms with Crippen LogP contribution in [0.1, 0.15) is 21.6 Å². The van der Waals surface area contributed by atoms with Crippen molar-refractivity contribution in [2.75, 3.05) is 24.9 Å². The molecule has 8 nitrogen and oxygen atoms in total. The highest BCUT2D eigenvalue weighted by Crippen LogP contribution is 2.29. The van der Waals surface area contributed by atoms with Crippen LogP contribution in [0.15, 0.2) is 42.7 Å². The van der Waals surface area contributed by atoms with E-state index in [4.69, 9.17) is 9.47 Å². The number of nitrogens with one attached hydrogen (secondary N) is 2. The van der Waals surface area contributed by atoms with Crippen LogP contribution in [0, 0.1) is 6.92 Å². The number of methoxy groups -OCH3 is 2. The van der Waals surface area contributed by atoms with E-state index in [1.54, 1.807) is 48.3 Å². The largest absolute Gasteiger partial charge is 0.497 e. The Labute approximate surface area is 163 Å². The Morgan fingerprint density at radius 3 is 2.71 bits per heavy atom. The van der Waals surface area contributed by atoms with Gasteiger partial charge in [0.2, 0.25) is 0 Å². The van der Waals surface area contributed by atoms with Crippen LogP contribution in [-0.2, 0) is 13.6 Å². The lowest BCUT2D eigenvalue weighted by atomic mass is 10.2. The van der Waals surface area contributed by atoms with E-state index in [-0.39, 0.29) is 5.91 Å². The van der Waals surface area contributed by atoms with Gasteiger partial charge < -0.3 is 20.1 Å². The third-order valence-electron chi connectivity index (χ3n) is 4.27. The normalized spacial score (nSPS) is 10.4. The molecule has 0 bridgehead atoms. The molecule has 1 amide bonds. The fourth-order valence-corrected chi connectivity index (χ4v) is 2.82. The second kappa shape index (κ2) is 8.43. The first-order valence-corrected chi connectivity index (χ1v) is 8.73. The molecule has 0 saturated heterocycles. The first-order valence-electron chi connectivity index (χ1n) is 8.73. The van der Waals surface area contributed by atoms with E-state index in [1.807, 2.05) is 20.2 Å². The average molecular weight is 381 g/mol. The Morgan fingerprint density at radius 1 is 1.21 bits per heavy atom. The molecule has 0 saturated carbocycles. The fraction of sp³-hybridized carbons (Fsp3) is 0.250. The monoisotopic (exact) mass is 381 g/mol. The summed E-state index contributed by atoms with van der Waals surface area (Å²) in [6.07, 6.45) is 3.58. The van der Waals surface area contributed by atoms with Crippen LogP contribution in [0.5, 0.6) is 11.5 Å². The van der Waals surface area contributed by atoms with E-state index in [1.165, 1.54) is 7.11 Å². The van der Waals surface area contributed by atoms with E-state index in [0.717, 1.165) is 11.3 Å². The molecule has 0 aliphatic rings. The summed E-state index contributed by atoms with van der Waals surface area (Å²) in [6, 6.07) is 8.64. The number of hydrogen-bond acceptors (Lipinski definition) is 6. The van der Waals surface area contributed by atoms with Gasteiger partial charge >= 0.3 is 0 Å². The van der Waals surface area contributed by atoms with Gasteiger partial charge in [0.05, 0.1) is 31.2 Å². The Morgan fingerprint density at radius 2 is 2.04 bits per heavy atom. The third kappa shape index (κ3) is 4.22. The van der Waals surface area contributed by atoms with Crippen molar-refractivity contribution >= 4 is 17.4 Å². The van der Waals surface area contributed by atoms with Crippen molar-refractivity contribution in [1.29, 1.82) is 0 Å². The molecule has 0 atom stereocenters. The number of amides is 1. The predicted molar refractivity (Wildman–Crippen MR) is 107 cm³/mol. The Hall–Kier alpha value is -3.55. The fourth-order valence-electron chi connectivity index (χ4n) is 2.82. The summed E-state index contributed by atoms with van der Waals surface area (Å²) in [4.78, 5) is 17.2. The van der Waals surface area contributed by atoms with Gasteiger partial charge in [-0.05, 0) is 31.2 Å². The quantitative estimate of drug-likeness (QED) is 0.654. The van der Waals surface area contributed by atoms with Crippen LogP contribution in [0.25, 0.3) is 0 Å². The number of nitrogens with zero attached hydrogens (tertiary/aromatic N) is 3. The molecule has 8 heteroatoms. The van der Waals surface area contributed by atoms with Crippen molar-refractivity contribution < 1.29 is 14.3 Å². The second-order valence-electron chi connectivity index (χ2n) is 6.19. The Kier molecular flexibility index (Phi) is 5.78. The molecular formula is C20H23N5O3. The average Bonchev–Trinajstić information content (AvgIpc) is 3.03. The van der Waals surface area contributed by atoms with Crippen LogP contribution >= 0.6 is 0 Å². The molecule has 2 aromatic heterocycles. The van der Waals surface area contributed by atoms with E-state index < -0.39 is 0 Å². The molecule has 0 aliphatic carbocycles. The minimum atomic E-state index is -0.290. The number of carbonyl (C=O) groups is 1. The summed E-state index contributed by atoms with van der Waals surface area (Å²) < 4.78 is 12.3. The number of carbonyl (C=O) groups excluding carboxylic acids is 1. The summed E-state index contributed by atoms with van der Waals surface area (Å²) >= 11 is 0. The SMILES string of the molecule is COc1ccc(NC(=O)c2cccnc2NCc2cn(C)nc2C)c(OC)c1. The highest BCUT2D eigenvalue weighted by molar-refractivity contribution is 6.08. The van der Waals surface area contributed by atoms with Crippen LogP contribution < -0.4 is 20.1 Å². The third-order valence-corrected chi connectivity index (χ3v) is 4.27. The number of aromatic nitrogens is 3. The van der Waals surface area contributed by atoms with Gasteiger partial charge in [-0.25, -0.2) is 4.98 Å². The summed E-state index contributed by atoms with van der Waals surface area (Å²) in [5, 5.41) is 10.4. The van der Waals surface area contributed by atoms with Gasteiger partial charge in [-0.1, -0.05) is 0 Å². The summed E-state index contributed by atoms with van der Waals surface area (Å²) in [7, 11) is 4.99. The molecule has 0 fully saturated rings. The Bertz CT molecular complexity index is 984. The number of pyridine rings is 1. The van der Waals surface area contributed by atoms with E-state index in [9.17, 15) is 4.79 Å². The number of aryl methyl sites for hydroxylation is 2. The number of benzene rings is 1. The number of rotatable bonds is 7. The van der Waals surface area contributed by atoms with Crippen molar-refractivity contribution in [1.82, 2.24) is 14.8 Å². The van der Waals surface area contributed by atoms with Crippen molar-refractivity contribution in [3.8, 4) is 11.5 Å². The maximum Gasteiger partial charge on any atom is 0.259 e. The molecule has 2 heterocycles. The van der Waals surface area contributed by atoms with Crippen molar-refractivity contribution in [2.24, 2.45) is 7.05 Å². The molecule has 0 aliphatic heterocycles. The summed E-state index contributed by atoms with van der Waals surface area (Å²) in [6.45, 7) is 2.46. The summed E-state index contributed by atoms with van der Waals surface area (Å²) in [5.41, 5.74) is 2.95. The lowest BCUT2D eigenvalue weighted by Gasteiger charge is -2.13. The molecule has 0 unspecified atom stereocenters. The lowest BCUT2D eigenvalue weighted by molar-refractivity contribution is 0.102. The topological polar surface area (TPSA) is 90.3 Å². The minimum Gasteiger partial charge on any atom is -0.497 e. The van der Waals surface area contributed by atoms with Crippen LogP contribution in [0.4, 0.5) is 11.5 Å². The lowest BCUT2D eigenvalue weighted by Crippen LogP contribution is -2.16. The molecular weight excluding hydrogens is 358 g/mol. The van der Waals surface area contributed by atoms with Gasteiger partial charge in [0.1, 0.15) is 17.3 Å². The molecule has 3 rings (SSSR count). The smallest absolute Gasteiger partial charge is 0.259 e. The van der Waals surface area contributed by atoms with Crippen molar-refractivity contribution in [3.63, 3.8) is 0 Å². The van der Waals surface area contributed by atoms with Crippen molar-refractivity contribution in [2.45, 2.75) is 13.5 Å². The maximum atomic E-state index is 12.8.